The number of hydrogen-bond acceptors (Lipinski definition) is 4. The lowest BCUT2D eigenvalue weighted by atomic mass is 9.97. The first-order valence-electron chi connectivity index (χ1n) is 7.88. The molecule has 2 rings (SSSR count). The molecule has 0 aromatic carbocycles. The summed E-state index contributed by atoms with van der Waals surface area (Å²) in [5.74, 6) is 2.18. The molecule has 0 saturated carbocycles. The average molecular weight is 286 g/mol. The van der Waals surface area contributed by atoms with E-state index in [0.717, 1.165) is 37.5 Å². The summed E-state index contributed by atoms with van der Waals surface area (Å²) >= 11 is 2.09. The Hall–Kier alpha value is 0.230. The summed E-state index contributed by atoms with van der Waals surface area (Å²) in [7, 11) is 0. The van der Waals surface area contributed by atoms with Crippen LogP contribution in [0.5, 0.6) is 0 Å². The van der Waals surface area contributed by atoms with Gasteiger partial charge in [-0.05, 0) is 30.6 Å². The summed E-state index contributed by atoms with van der Waals surface area (Å²) < 4.78 is 5.43. The van der Waals surface area contributed by atoms with Crippen LogP contribution in [-0.2, 0) is 4.74 Å². The third-order valence-electron chi connectivity index (χ3n) is 4.08. The van der Waals surface area contributed by atoms with E-state index in [1.807, 2.05) is 0 Å². The van der Waals surface area contributed by atoms with Crippen LogP contribution >= 0.6 is 11.8 Å². The molecule has 0 bridgehead atoms. The van der Waals surface area contributed by atoms with Gasteiger partial charge in [-0.25, -0.2) is 0 Å². The molecular formula is C15H30N2OS. The molecule has 0 aromatic heterocycles. The van der Waals surface area contributed by atoms with E-state index in [1.165, 1.54) is 44.8 Å². The molecular weight excluding hydrogens is 256 g/mol. The average Bonchev–Trinajstić information content (AvgIpc) is 2.40. The highest BCUT2D eigenvalue weighted by Gasteiger charge is 2.22. The van der Waals surface area contributed by atoms with Crippen molar-refractivity contribution in [2.45, 2.75) is 31.9 Å². The van der Waals surface area contributed by atoms with Gasteiger partial charge in [-0.1, -0.05) is 13.8 Å². The maximum Gasteiger partial charge on any atom is 0.0594 e. The van der Waals surface area contributed by atoms with Crippen LogP contribution in [0.1, 0.15) is 26.7 Å². The fourth-order valence-electron chi connectivity index (χ4n) is 3.07. The van der Waals surface area contributed by atoms with Crippen molar-refractivity contribution in [3.05, 3.63) is 0 Å². The Labute approximate surface area is 123 Å². The fourth-order valence-corrected chi connectivity index (χ4v) is 3.90. The van der Waals surface area contributed by atoms with Crippen molar-refractivity contribution in [2.24, 2.45) is 5.92 Å². The van der Waals surface area contributed by atoms with Crippen molar-refractivity contribution in [1.29, 1.82) is 0 Å². The summed E-state index contributed by atoms with van der Waals surface area (Å²) in [5, 5.41) is 0.772. The molecule has 2 aliphatic rings. The van der Waals surface area contributed by atoms with Gasteiger partial charge in [0, 0.05) is 38.5 Å². The molecule has 0 aliphatic carbocycles. The predicted molar refractivity (Wildman–Crippen MR) is 84.0 cm³/mol. The first-order chi connectivity index (χ1) is 9.24. The highest BCUT2D eigenvalue weighted by atomic mass is 32.2. The van der Waals surface area contributed by atoms with E-state index in [2.05, 4.69) is 35.4 Å². The van der Waals surface area contributed by atoms with Crippen LogP contribution in [0.15, 0.2) is 0 Å². The molecule has 0 amide bonds. The van der Waals surface area contributed by atoms with Crippen molar-refractivity contribution in [1.82, 2.24) is 9.80 Å². The third kappa shape index (κ3) is 6.03. The van der Waals surface area contributed by atoms with E-state index >= 15 is 0 Å². The van der Waals surface area contributed by atoms with Crippen LogP contribution in [0.3, 0.4) is 0 Å². The lowest BCUT2D eigenvalue weighted by molar-refractivity contribution is 0.0233. The monoisotopic (exact) mass is 286 g/mol. The molecule has 2 fully saturated rings. The van der Waals surface area contributed by atoms with Gasteiger partial charge in [-0.3, -0.25) is 4.90 Å². The van der Waals surface area contributed by atoms with Crippen LogP contribution in [0.4, 0.5) is 0 Å². The largest absolute Gasteiger partial charge is 0.379 e. The Kier molecular flexibility index (Phi) is 6.99. The van der Waals surface area contributed by atoms with E-state index in [0.29, 0.717) is 0 Å². The van der Waals surface area contributed by atoms with Crippen molar-refractivity contribution < 1.29 is 4.74 Å². The normalized spacial score (nSPS) is 27.0. The van der Waals surface area contributed by atoms with Crippen LogP contribution in [0, 0.1) is 5.92 Å². The second kappa shape index (κ2) is 8.50. The van der Waals surface area contributed by atoms with Gasteiger partial charge in [-0.15, -0.1) is 0 Å². The van der Waals surface area contributed by atoms with Gasteiger partial charge >= 0.3 is 0 Å². The zero-order valence-corrected chi connectivity index (χ0v) is 13.5. The first kappa shape index (κ1) is 15.6. The smallest absolute Gasteiger partial charge is 0.0594 e. The lowest BCUT2D eigenvalue weighted by Gasteiger charge is -2.36. The second-order valence-corrected chi connectivity index (χ2v) is 7.83. The van der Waals surface area contributed by atoms with Crippen molar-refractivity contribution in [3.63, 3.8) is 0 Å². The number of ether oxygens (including phenoxy) is 1. The molecule has 112 valence electrons. The van der Waals surface area contributed by atoms with E-state index in [1.54, 1.807) is 0 Å². The number of likely N-dealkylation sites (tertiary alicyclic amines) is 1. The van der Waals surface area contributed by atoms with Crippen LogP contribution in [0.2, 0.25) is 0 Å². The SMILES string of the molecule is CC(C)SCCN1CCCC(CN2CCOCC2)C1. The molecule has 0 spiro atoms. The van der Waals surface area contributed by atoms with Gasteiger partial charge in [0.15, 0.2) is 0 Å². The standard InChI is InChI=1S/C15H30N2OS/c1-14(2)19-11-8-16-5-3-4-15(12-16)13-17-6-9-18-10-7-17/h14-15H,3-13H2,1-2H3. The highest BCUT2D eigenvalue weighted by molar-refractivity contribution is 7.99. The number of rotatable bonds is 6. The topological polar surface area (TPSA) is 15.7 Å². The minimum absolute atomic E-state index is 0.772. The quantitative estimate of drug-likeness (QED) is 0.743. The molecule has 2 heterocycles. The number of morpholine rings is 1. The van der Waals surface area contributed by atoms with Gasteiger partial charge < -0.3 is 9.64 Å². The lowest BCUT2D eigenvalue weighted by Crippen LogP contribution is -2.45. The summed E-state index contributed by atoms with van der Waals surface area (Å²) in [6.07, 6.45) is 2.81. The molecule has 0 radical (unpaired) electrons. The van der Waals surface area contributed by atoms with Gasteiger partial charge in [0.1, 0.15) is 0 Å². The summed E-state index contributed by atoms with van der Waals surface area (Å²) in [4.78, 5) is 5.28. The number of piperidine rings is 1. The maximum absolute atomic E-state index is 5.43. The molecule has 4 heteroatoms. The summed E-state index contributed by atoms with van der Waals surface area (Å²) in [6, 6.07) is 0. The van der Waals surface area contributed by atoms with Gasteiger partial charge in [0.2, 0.25) is 0 Å². The van der Waals surface area contributed by atoms with Crippen LogP contribution in [-0.4, -0.2) is 73.3 Å². The van der Waals surface area contributed by atoms with Crippen LogP contribution < -0.4 is 0 Å². The fraction of sp³-hybridized carbons (Fsp3) is 1.00. The maximum atomic E-state index is 5.43. The van der Waals surface area contributed by atoms with Crippen molar-refractivity contribution in [2.75, 3.05) is 58.2 Å². The van der Waals surface area contributed by atoms with E-state index in [4.69, 9.17) is 4.74 Å². The minimum atomic E-state index is 0.772. The molecule has 1 unspecified atom stereocenters. The van der Waals surface area contributed by atoms with E-state index < -0.39 is 0 Å². The van der Waals surface area contributed by atoms with Gasteiger partial charge in [0.25, 0.3) is 0 Å². The molecule has 0 N–H and O–H groups in total. The van der Waals surface area contributed by atoms with Gasteiger partial charge in [-0.2, -0.15) is 11.8 Å². The Bertz CT molecular complexity index is 244. The molecule has 2 aliphatic heterocycles. The number of thioether (sulfide) groups is 1. The summed E-state index contributed by atoms with van der Waals surface area (Å²) in [5.41, 5.74) is 0. The molecule has 19 heavy (non-hydrogen) atoms. The predicted octanol–water partition coefficient (Wildman–Crippen LogP) is 2.17. The second-order valence-electron chi connectivity index (χ2n) is 6.14. The number of nitrogens with zero attached hydrogens (tertiary/aromatic N) is 2. The first-order valence-corrected chi connectivity index (χ1v) is 8.93. The summed E-state index contributed by atoms with van der Waals surface area (Å²) in [6.45, 7) is 13.9. The Balaban J connectivity index is 1.64. The zero-order valence-electron chi connectivity index (χ0n) is 12.6. The third-order valence-corrected chi connectivity index (χ3v) is 5.17. The van der Waals surface area contributed by atoms with E-state index in [9.17, 15) is 0 Å². The Morgan fingerprint density at radius 2 is 1.95 bits per heavy atom. The zero-order chi connectivity index (χ0) is 13.5. The van der Waals surface area contributed by atoms with Crippen molar-refractivity contribution >= 4 is 11.8 Å². The molecule has 3 nitrogen and oxygen atoms in total. The molecule has 2 saturated heterocycles. The molecule has 0 aromatic rings. The Morgan fingerprint density at radius 3 is 2.68 bits per heavy atom. The van der Waals surface area contributed by atoms with Crippen LogP contribution in [0.25, 0.3) is 0 Å². The van der Waals surface area contributed by atoms with E-state index in [-0.39, 0.29) is 0 Å². The minimum Gasteiger partial charge on any atom is -0.379 e. The van der Waals surface area contributed by atoms with Gasteiger partial charge in [0.05, 0.1) is 13.2 Å². The highest BCUT2D eigenvalue weighted by Crippen LogP contribution is 2.19. The Morgan fingerprint density at radius 1 is 1.16 bits per heavy atom. The number of hydrogen-bond donors (Lipinski definition) is 0. The molecule has 1 atom stereocenters. The van der Waals surface area contributed by atoms with Crippen molar-refractivity contribution in [3.8, 4) is 0 Å².